The van der Waals surface area contributed by atoms with Gasteiger partial charge in [0, 0.05) is 6.20 Å². The van der Waals surface area contributed by atoms with E-state index >= 15 is 0 Å². The van der Waals surface area contributed by atoms with Gasteiger partial charge in [-0.1, -0.05) is 29.3 Å². The highest BCUT2D eigenvalue weighted by atomic mass is 35.5. The van der Waals surface area contributed by atoms with Gasteiger partial charge in [0.1, 0.15) is 23.1 Å². The molecule has 1 saturated carbocycles. The van der Waals surface area contributed by atoms with E-state index in [9.17, 15) is 27.5 Å². The molecule has 162 valence electrons. The van der Waals surface area contributed by atoms with Gasteiger partial charge in [-0.15, -0.1) is 0 Å². The molecule has 3 rings (SSSR count). The fraction of sp³-hybridized carbons (Fsp3) is 0.421. The Kier molecular flexibility index (Phi) is 6.54. The summed E-state index contributed by atoms with van der Waals surface area (Å²) in [5.74, 6) is -0.963. The van der Waals surface area contributed by atoms with Crippen molar-refractivity contribution >= 4 is 29.1 Å². The topological polar surface area (TPSA) is 75.1 Å². The first-order valence-corrected chi connectivity index (χ1v) is 9.78. The van der Waals surface area contributed by atoms with Crippen molar-refractivity contribution in [1.82, 2.24) is 15.3 Å². The van der Waals surface area contributed by atoms with Gasteiger partial charge in [0.2, 0.25) is 0 Å². The van der Waals surface area contributed by atoms with E-state index in [2.05, 4.69) is 15.3 Å². The van der Waals surface area contributed by atoms with Gasteiger partial charge in [0.05, 0.1) is 21.9 Å². The summed E-state index contributed by atoms with van der Waals surface area (Å²) in [7, 11) is 0. The Morgan fingerprint density at radius 2 is 1.93 bits per heavy atom. The van der Waals surface area contributed by atoms with Gasteiger partial charge in [-0.25, -0.2) is 9.37 Å². The van der Waals surface area contributed by atoms with Crippen LogP contribution in [0, 0.1) is 0 Å². The Morgan fingerprint density at radius 3 is 2.53 bits per heavy atom. The predicted octanol–water partition coefficient (Wildman–Crippen LogP) is 4.92. The van der Waals surface area contributed by atoms with E-state index in [1.165, 1.54) is 12.1 Å². The first-order chi connectivity index (χ1) is 14.0. The molecule has 1 amide bonds. The van der Waals surface area contributed by atoms with E-state index in [0.29, 0.717) is 6.07 Å². The normalized spacial score (nSPS) is 23.1. The van der Waals surface area contributed by atoms with E-state index in [-0.39, 0.29) is 41.6 Å². The SMILES string of the molecule is O=C(NC(c1cccc(Cl)n1)C1(O)CCC(F)CC1)c1cc(C(F)(F)F)ncc1Cl. The zero-order valence-corrected chi connectivity index (χ0v) is 16.9. The molecule has 2 aromatic rings. The van der Waals surface area contributed by atoms with Gasteiger partial charge in [0.25, 0.3) is 5.91 Å². The highest BCUT2D eigenvalue weighted by Crippen LogP contribution is 2.39. The molecule has 1 atom stereocenters. The lowest BCUT2D eigenvalue weighted by Crippen LogP contribution is -2.49. The van der Waals surface area contributed by atoms with Crippen LogP contribution in [0.25, 0.3) is 0 Å². The number of hydrogen-bond donors (Lipinski definition) is 2. The van der Waals surface area contributed by atoms with Crippen LogP contribution in [0.3, 0.4) is 0 Å². The summed E-state index contributed by atoms with van der Waals surface area (Å²) in [4.78, 5) is 20.1. The van der Waals surface area contributed by atoms with Crippen molar-refractivity contribution < 1.29 is 27.5 Å². The van der Waals surface area contributed by atoms with Crippen molar-refractivity contribution in [2.45, 2.75) is 49.7 Å². The number of pyridine rings is 2. The summed E-state index contributed by atoms with van der Waals surface area (Å²) in [5, 5.41) is 13.5. The summed E-state index contributed by atoms with van der Waals surface area (Å²) < 4.78 is 52.6. The number of aromatic nitrogens is 2. The van der Waals surface area contributed by atoms with Crippen LogP contribution in [0.2, 0.25) is 10.2 Å². The number of nitrogens with one attached hydrogen (secondary N) is 1. The zero-order chi connectivity index (χ0) is 22.1. The molecule has 1 fully saturated rings. The highest BCUT2D eigenvalue weighted by molar-refractivity contribution is 6.33. The van der Waals surface area contributed by atoms with Crippen molar-refractivity contribution in [2.24, 2.45) is 0 Å². The molecular weight excluding hydrogens is 449 g/mol. The molecule has 0 aromatic carbocycles. The van der Waals surface area contributed by atoms with Crippen LogP contribution in [0.1, 0.15) is 53.5 Å². The van der Waals surface area contributed by atoms with E-state index in [4.69, 9.17) is 23.2 Å². The largest absolute Gasteiger partial charge is 0.433 e. The second kappa shape index (κ2) is 8.64. The molecule has 5 nitrogen and oxygen atoms in total. The Labute approximate surface area is 179 Å². The van der Waals surface area contributed by atoms with Crippen LogP contribution in [0.15, 0.2) is 30.5 Å². The van der Waals surface area contributed by atoms with Gasteiger partial charge in [-0.05, 0) is 43.9 Å². The summed E-state index contributed by atoms with van der Waals surface area (Å²) in [5.41, 5.74) is -3.13. The number of aliphatic hydroxyl groups is 1. The van der Waals surface area contributed by atoms with Crippen LogP contribution in [-0.2, 0) is 6.18 Å². The second-order valence-electron chi connectivity index (χ2n) is 7.12. The van der Waals surface area contributed by atoms with Crippen molar-refractivity contribution in [2.75, 3.05) is 0 Å². The maximum Gasteiger partial charge on any atom is 0.433 e. The molecule has 11 heteroatoms. The van der Waals surface area contributed by atoms with Crippen molar-refractivity contribution in [3.63, 3.8) is 0 Å². The number of nitrogens with zero attached hydrogens (tertiary/aromatic N) is 2. The van der Waals surface area contributed by atoms with Crippen LogP contribution < -0.4 is 5.32 Å². The summed E-state index contributed by atoms with van der Waals surface area (Å²) >= 11 is 11.8. The third-order valence-electron chi connectivity index (χ3n) is 5.02. The smallest absolute Gasteiger partial charge is 0.387 e. The number of halogens is 6. The molecule has 0 bridgehead atoms. The second-order valence-corrected chi connectivity index (χ2v) is 7.91. The van der Waals surface area contributed by atoms with Crippen LogP contribution in [-0.4, -0.2) is 32.8 Å². The standard InChI is InChI=1S/C19H17Cl2F4N3O2/c20-12-9-26-14(19(23,24)25)8-11(12)17(29)28-16(13-2-1-3-15(21)27-13)18(30)6-4-10(22)5-7-18/h1-3,8-10,16,30H,4-7H2,(H,28,29). The van der Waals surface area contributed by atoms with Gasteiger partial charge < -0.3 is 10.4 Å². The fourth-order valence-corrected chi connectivity index (χ4v) is 3.78. The molecule has 0 aliphatic heterocycles. The summed E-state index contributed by atoms with van der Waals surface area (Å²) in [6, 6.07) is 3.93. The monoisotopic (exact) mass is 465 g/mol. The third kappa shape index (κ3) is 5.01. The first-order valence-electron chi connectivity index (χ1n) is 9.02. The van der Waals surface area contributed by atoms with Gasteiger partial charge in [-0.3, -0.25) is 9.78 Å². The minimum atomic E-state index is -4.77. The molecule has 0 radical (unpaired) electrons. The van der Waals surface area contributed by atoms with Crippen LogP contribution in [0.5, 0.6) is 0 Å². The van der Waals surface area contributed by atoms with Gasteiger partial charge in [-0.2, -0.15) is 13.2 Å². The number of carbonyl (C=O) groups excluding carboxylic acids is 1. The molecule has 1 unspecified atom stereocenters. The average Bonchev–Trinajstić information content (AvgIpc) is 2.67. The van der Waals surface area contributed by atoms with Gasteiger partial charge in [0.15, 0.2) is 0 Å². The lowest BCUT2D eigenvalue weighted by Gasteiger charge is -2.40. The minimum Gasteiger partial charge on any atom is -0.387 e. The van der Waals surface area contributed by atoms with Crippen molar-refractivity contribution in [1.29, 1.82) is 0 Å². The number of rotatable bonds is 4. The Morgan fingerprint density at radius 1 is 1.27 bits per heavy atom. The molecule has 2 N–H and O–H groups in total. The van der Waals surface area contributed by atoms with Gasteiger partial charge >= 0.3 is 6.18 Å². The molecule has 1 aliphatic carbocycles. The maximum atomic E-state index is 13.6. The molecule has 30 heavy (non-hydrogen) atoms. The molecule has 0 saturated heterocycles. The molecular formula is C19H17Cl2F4N3O2. The lowest BCUT2D eigenvalue weighted by atomic mass is 9.77. The van der Waals surface area contributed by atoms with E-state index < -0.39 is 41.2 Å². The number of amides is 1. The highest BCUT2D eigenvalue weighted by Gasteiger charge is 2.43. The van der Waals surface area contributed by atoms with Crippen LogP contribution >= 0.6 is 23.2 Å². The summed E-state index contributed by atoms with van der Waals surface area (Å²) in [6.07, 6.45) is -4.95. The number of carbonyl (C=O) groups is 1. The first kappa shape index (κ1) is 22.7. The summed E-state index contributed by atoms with van der Waals surface area (Å²) in [6.45, 7) is 0. The molecule has 0 spiro atoms. The van der Waals surface area contributed by atoms with Crippen molar-refractivity contribution in [3.8, 4) is 0 Å². The molecule has 1 aliphatic rings. The molecule has 2 aromatic heterocycles. The van der Waals surface area contributed by atoms with E-state index in [1.807, 2.05) is 0 Å². The lowest BCUT2D eigenvalue weighted by molar-refractivity contribution is -0.141. The number of hydrogen-bond acceptors (Lipinski definition) is 4. The maximum absolute atomic E-state index is 13.6. The van der Waals surface area contributed by atoms with Crippen LogP contribution in [0.4, 0.5) is 17.6 Å². The molecule has 2 heterocycles. The third-order valence-corrected chi connectivity index (χ3v) is 5.53. The zero-order valence-electron chi connectivity index (χ0n) is 15.4. The predicted molar refractivity (Wildman–Crippen MR) is 102 cm³/mol. The Bertz CT molecular complexity index is 934. The average molecular weight is 466 g/mol. The van der Waals surface area contributed by atoms with E-state index in [1.54, 1.807) is 6.07 Å². The minimum absolute atomic E-state index is 0.0190. The Hall–Kier alpha value is -1.97. The van der Waals surface area contributed by atoms with Crippen molar-refractivity contribution in [3.05, 3.63) is 57.6 Å². The Balaban J connectivity index is 1.97. The number of alkyl halides is 4. The quantitative estimate of drug-likeness (QED) is 0.496. The van der Waals surface area contributed by atoms with E-state index in [0.717, 1.165) is 6.20 Å². The fourth-order valence-electron chi connectivity index (χ4n) is 3.42.